The van der Waals surface area contributed by atoms with Crippen molar-refractivity contribution in [2.24, 2.45) is 5.73 Å². The van der Waals surface area contributed by atoms with Crippen molar-refractivity contribution in [2.45, 2.75) is 12.1 Å². The number of nitrogens with two attached hydrogens (primary N) is 1. The third kappa shape index (κ3) is 4.45. The summed E-state index contributed by atoms with van der Waals surface area (Å²) in [7, 11) is 0. The minimum absolute atomic E-state index is 0.316. The zero-order chi connectivity index (χ0) is 17.6. The number of carbonyl (C=O) groups excluding carboxylic acids is 1. The first-order valence-electron chi connectivity index (χ1n) is 8.69. The van der Waals surface area contributed by atoms with Gasteiger partial charge < -0.3 is 10.8 Å². The van der Waals surface area contributed by atoms with E-state index in [9.17, 15) is 9.90 Å². The monoisotopic (exact) mass is 339 g/mol. The highest BCUT2D eigenvalue weighted by Gasteiger charge is 2.29. The second kappa shape index (κ2) is 8.25. The molecule has 0 spiro atoms. The number of amides is 1. The molecule has 132 valence electrons. The van der Waals surface area contributed by atoms with Gasteiger partial charge in [-0.2, -0.15) is 0 Å². The van der Waals surface area contributed by atoms with E-state index in [1.165, 1.54) is 0 Å². The van der Waals surface area contributed by atoms with E-state index in [1.807, 2.05) is 60.7 Å². The standard InChI is InChI=1S/C20H25N3O2/c21-20(25)19(17-9-5-2-6-10-17)23-13-11-22(12-14-23)15-18(24)16-7-3-1-4-8-16/h1-10,18-19,24H,11-15H2,(H2,21,25)/t18-,19+/m0/s1. The van der Waals surface area contributed by atoms with E-state index in [0.717, 1.165) is 37.3 Å². The minimum Gasteiger partial charge on any atom is -0.387 e. The van der Waals surface area contributed by atoms with Crippen molar-refractivity contribution in [1.82, 2.24) is 9.80 Å². The van der Waals surface area contributed by atoms with Gasteiger partial charge in [-0.1, -0.05) is 60.7 Å². The Labute approximate surface area is 148 Å². The topological polar surface area (TPSA) is 69.8 Å². The Morgan fingerprint density at radius 1 is 0.920 bits per heavy atom. The van der Waals surface area contributed by atoms with E-state index in [2.05, 4.69) is 9.80 Å². The highest BCUT2D eigenvalue weighted by atomic mass is 16.3. The predicted molar refractivity (Wildman–Crippen MR) is 97.8 cm³/mol. The van der Waals surface area contributed by atoms with E-state index in [4.69, 9.17) is 5.73 Å². The van der Waals surface area contributed by atoms with Crippen LogP contribution < -0.4 is 5.73 Å². The number of rotatable bonds is 6. The molecular weight excluding hydrogens is 314 g/mol. The smallest absolute Gasteiger partial charge is 0.239 e. The number of primary amides is 1. The minimum atomic E-state index is -0.492. The summed E-state index contributed by atoms with van der Waals surface area (Å²) in [5, 5.41) is 10.4. The van der Waals surface area contributed by atoms with Crippen molar-refractivity contribution in [3.8, 4) is 0 Å². The Morgan fingerprint density at radius 2 is 1.44 bits per heavy atom. The zero-order valence-corrected chi connectivity index (χ0v) is 14.3. The van der Waals surface area contributed by atoms with E-state index >= 15 is 0 Å². The molecule has 0 saturated carbocycles. The van der Waals surface area contributed by atoms with Crippen LogP contribution in [0, 0.1) is 0 Å². The predicted octanol–water partition coefficient (Wildman–Crippen LogP) is 1.56. The summed E-state index contributed by atoms with van der Waals surface area (Å²) < 4.78 is 0. The number of carbonyl (C=O) groups is 1. The summed E-state index contributed by atoms with van der Waals surface area (Å²) in [5.74, 6) is -0.316. The molecule has 1 fully saturated rings. The summed E-state index contributed by atoms with van der Waals surface area (Å²) >= 11 is 0. The highest BCUT2D eigenvalue weighted by molar-refractivity contribution is 5.81. The third-order valence-electron chi connectivity index (χ3n) is 4.77. The molecular formula is C20H25N3O2. The number of aliphatic hydroxyl groups excluding tert-OH is 1. The lowest BCUT2D eigenvalue weighted by Gasteiger charge is -2.38. The molecule has 1 heterocycles. The molecule has 1 aliphatic heterocycles. The highest BCUT2D eigenvalue weighted by Crippen LogP contribution is 2.23. The van der Waals surface area contributed by atoms with Gasteiger partial charge in [-0.15, -0.1) is 0 Å². The Morgan fingerprint density at radius 3 is 1.96 bits per heavy atom. The van der Waals surface area contributed by atoms with Crippen molar-refractivity contribution >= 4 is 5.91 Å². The number of hydrogen-bond acceptors (Lipinski definition) is 4. The van der Waals surface area contributed by atoms with Crippen molar-refractivity contribution in [1.29, 1.82) is 0 Å². The number of β-amino-alcohol motifs (C(OH)–C–C–N with tert-alkyl or cyclic N) is 1. The van der Waals surface area contributed by atoms with Crippen LogP contribution in [0.1, 0.15) is 23.3 Å². The number of nitrogens with zero attached hydrogens (tertiary/aromatic N) is 2. The van der Waals surface area contributed by atoms with Gasteiger partial charge in [0.25, 0.3) is 0 Å². The first-order chi connectivity index (χ1) is 12.1. The van der Waals surface area contributed by atoms with Gasteiger partial charge in [-0.3, -0.25) is 14.6 Å². The van der Waals surface area contributed by atoms with E-state index in [0.29, 0.717) is 6.54 Å². The third-order valence-corrected chi connectivity index (χ3v) is 4.77. The van der Waals surface area contributed by atoms with E-state index in [1.54, 1.807) is 0 Å². The van der Waals surface area contributed by atoms with Crippen LogP contribution in [-0.4, -0.2) is 53.5 Å². The molecule has 2 aromatic rings. The van der Waals surface area contributed by atoms with Crippen molar-refractivity contribution in [3.05, 3.63) is 71.8 Å². The van der Waals surface area contributed by atoms with Gasteiger partial charge in [0.2, 0.25) is 5.91 Å². The molecule has 2 aromatic carbocycles. The maximum Gasteiger partial charge on any atom is 0.239 e. The maximum atomic E-state index is 12.0. The van der Waals surface area contributed by atoms with Crippen LogP contribution in [0.25, 0.3) is 0 Å². The van der Waals surface area contributed by atoms with E-state index < -0.39 is 6.10 Å². The summed E-state index contributed by atoms with van der Waals surface area (Å²) in [4.78, 5) is 16.3. The number of benzene rings is 2. The van der Waals surface area contributed by atoms with Gasteiger partial charge in [-0.25, -0.2) is 0 Å². The molecule has 3 N–H and O–H groups in total. The Balaban J connectivity index is 1.58. The molecule has 25 heavy (non-hydrogen) atoms. The van der Waals surface area contributed by atoms with Crippen LogP contribution in [-0.2, 0) is 4.79 Å². The van der Waals surface area contributed by atoms with Gasteiger partial charge in [0.15, 0.2) is 0 Å². The molecule has 0 bridgehead atoms. The SMILES string of the molecule is NC(=O)[C@@H](c1ccccc1)N1CCN(C[C@H](O)c2ccccc2)CC1. The molecule has 1 aliphatic rings. The average Bonchev–Trinajstić information content (AvgIpc) is 2.65. The molecule has 0 radical (unpaired) electrons. The van der Waals surface area contributed by atoms with Crippen LogP contribution in [0.3, 0.4) is 0 Å². The fourth-order valence-electron chi connectivity index (χ4n) is 3.42. The number of aliphatic hydroxyl groups is 1. The Bertz CT molecular complexity index is 670. The second-order valence-corrected chi connectivity index (χ2v) is 6.48. The van der Waals surface area contributed by atoms with Gasteiger partial charge in [-0.05, 0) is 11.1 Å². The fraction of sp³-hybridized carbons (Fsp3) is 0.350. The molecule has 3 rings (SSSR count). The lowest BCUT2D eigenvalue weighted by Crippen LogP contribution is -2.51. The largest absolute Gasteiger partial charge is 0.387 e. The lowest BCUT2D eigenvalue weighted by molar-refractivity contribution is -0.124. The molecule has 0 aromatic heterocycles. The van der Waals surface area contributed by atoms with Crippen LogP contribution in [0.5, 0.6) is 0 Å². The molecule has 2 atom stereocenters. The summed E-state index contributed by atoms with van der Waals surface area (Å²) in [6.07, 6.45) is -0.492. The molecule has 1 saturated heterocycles. The molecule has 1 amide bonds. The van der Waals surface area contributed by atoms with Crippen molar-refractivity contribution < 1.29 is 9.90 Å². The molecule has 0 unspecified atom stereocenters. The second-order valence-electron chi connectivity index (χ2n) is 6.48. The zero-order valence-electron chi connectivity index (χ0n) is 14.3. The van der Waals surface area contributed by atoms with Crippen LogP contribution in [0.2, 0.25) is 0 Å². The Hall–Kier alpha value is -2.21. The Kier molecular flexibility index (Phi) is 5.81. The van der Waals surface area contributed by atoms with Gasteiger partial charge in [0.1, 0.15) is 6.04 Å². The average molecular weight is 339 g/mol. The van der Waals surface area contributed by atoms with Crippen molar-refractivity contribution in [2.75, 3.05) is 32.7 Å². The van der Waals surface area contributed by atoms with Crippen LogP contribution in [0.15, 0.2) is 60.7 Å². The molecule has 5 nitrogen and oxygen atoms in total. The summed E-state index contributed by atoms with van der Waals surface area (Å²) in [5.41, 5.74) is 7.53. The quantitative estimate of drug-likeness (QED) is 0.838. The fourth-order valence-corrected chi connectivity index (χ4v) is 3.42. The van der Waals surface area contributed by atoms with Crippen LogP contribution in [0.4, 0.5) is 0 Å². The van der Waals surface area contributed by atoms with E-state index in [-0.39, 0.29) is 11.9 Å². The molecule has 0 aliphatic carbocycles. The first-order valence-corrected chi connectivity index (χ1v) is 8.69. The lowest BCUT2D eigenvalue weighted by atomic mass is 10.0. The van der Waals surface area contributed by atoms with Gasteiger partial charge in [0, 0.05) is 32.7 Å². The van der Waals surface area contributed by atoms with Crippen LogP contribution >= 0.6 is 0 Å². The normalized spacial score (nSPS) is 18.6. The van der Waals surface area contributed by atoms with Gasteiger partial charge >= 0.3 is 0 Å². The summed E-state index contributed by atoms with van der Waals surface area (Å²) in [6.45, 7) is 3.72. The molecule has 5 heteroatoms. The number of hydrogen-bond donors (Lipinski definition) is 2. The summed E-state index contributed by atoms with van der Waals surface area (Å²) in [6, 6.07) is 19.0. The van der Waals surface area contributed by atoms with Crippen molar-refractivity contribution in [3.63, 3.8) is 0 Å². The first kappa shape index (κ1) is 17.6. The number of piperazine rings is 1. The van der Waals surface area contributed by atoms with Gasteiger partial charge in [0.05, 0.1) is 6.10 Å². The maximum absolute atomic E-state index is 12.0.